The van der Waals surface area contributed by atoms with Gasteiger partial charge in [0.05, 0.1) is 0 Å². The molecule has 0 aromatic heterocycles. The maximum Gasteiger partial charge on any atom is 0.253 e. The largest absolute Gasteiger partial charge is 0.339 e. The number of hydrogen-bond acceptors (Lipinski definition) is 2. The van der Waals surface area contributed by atoms with Gasteiger partial charge in [0.25, 0.3) is 5.91 Å². The van der Waals surface area contributed by atoms with E-state index in [0.717, 1.165) is 48.0 Å². The first kappa shape index (κ1) is 14.5. The number of hydrogen-bond donors (Lipinski definition) is 1. The Morgan fingerprint density at radius 1 is 1.37 bits per heavy atom. The van der Waals surface area contributed by atoms with Gasteiger partial charge in [0.15, 0.2) is 0 Å². The summed E-state index contributed by atoms with van der Waals surface area (Å²) in [4.78, 5) is 14.4. The van der Waals surface area contributed by atoms with Gasteiger partial charge in [-0.05, 0) is 63.0 Å². The highest BCUT2D eigenvalue weighted by atomic mass is 79.9. The molecule has 1 aliphatic heterocycles. The number of amides is 1. The first-order valence-electron chi connectivity index (χ1n) is 6.83. The second kappa shape index (κ2) is 6.53. The van der Waals surface area contributed by atoms with Gasteiger partial charge in [-0.2, -0.15) is 0 Å². The summed E-state index contributed by atoms with van der Waals surface area (Å²) >= 11 is 3.47. The molecule has 1 aliphatic rings. The molecule has 19 heavy (non-hydrogen) atoms. The highest BCUT2D eigenvalue weighted by molar-refractivity contribution is 9.10. The van der Waals surface area contributed by atoms with E-state index in [9.17, 15) is 4.79 Å². The normalized spacial score (nSPS) is 19.8. The number of nitrogens with zero attached hydrogens (tertiary/aromatic N) is 1. The third kappa shape index (κ3) is 3.57. The van der Waals surface area contributed by atoms with Crippen LogP contribution in [0, 0.1) is 6.92 Å². The predicted octanol–water partition coefficient (Wildman–Crippen LogP) is 2.97. The van der Waals surface area contributed by atoms with Crippen molar-refractivity contribution in [3.05, 3.63) is 33.8 Å². The summed E-state index contributed by atoms with van der Waals surface area (Å²) in [6, 6.07) is 6.15. The standard InChI is InChI=1S/C15H21BrN2O/c1-11-10-12(5-6-14(11)16)15(19)18(2)13-4-3-8-17-9-7-13/h5-6,10,13,17H,3-4,7-9H2,1-2H3. The van der Waals surface area contributed by atoms with E-state index in [4.69, 9.17) is 0 Å². The van der Waals surface area contributed by atoms with Crippen LogP contribution in [0.5, 0.6) is 0 Å². The zero-order valence-corrected chi connectivity index (χ0v) is 13.2. The van der Waals surface area contributed by atoms with Gasteiger partial charge in [0.1, 0.15) is 0 Å². The average Bonchev–Trinajstić information content (AvgIpc) is 2.69. The molecule has 3 nitrogen and oxygen atoms in total. The van der Waals surface area contributed by atoms with E-state index in [2.05, 4.69) is 21.2 Å². The summed E-state index contributed by atoms with van der Waals surface area (Å²) in [5.41, 5.74) is 1.88. The summed E-state index contributed by atoms with van der Waals surface area (Å²) in [6.45, 7) is 4.08. The summed E-state index contributed by atoms with van der Waals surface area (Å²) in [7, 11) is 1.93. The van der Waals surface area contributed by atoms with Gasteiger partial charge in [-0.25, -0.2) is 0 Å². The molecule has 1 aromatic carbocycles. The van der Waals surface area contributed by atoms with Gasteiger partial charge in [-0.15, -0.1) is 0 Å². The lowest BCUT2D eigenvalue weighted by atomic mass is 10.1. The molecule has 104 valence electrons. The fourth-order valence-corrected chi connectivity index (χ4v) is 2.78. The molecule has 1 atom stereocenters. The van der Waals surface area contributed by atoms with Gasteiger partial charge < -0.3 is 10.2 Å². The number of aryl methyl sites for hydroxylation is 1. The van der Waals surface area contributed by atoms with Crippen LogP contribution in [0.25, 0.3) is 0 Å². The Kier molecular flexibility index (Phi) is 4.99. The van der Waals surface area contributed by atoms with Crippen molar-refractivity contribution < 1.29 is 4.79 Å². The number of carbonyl (C=O) groups is 1. The zero-order valence-electron chi connectivity index (χ0n) is 11.6. The monoisotopic (exact) mass is 324 g/mol. The van der Waals surface area contributed by atoms with Gasteiger partial charge >= 0.3 is 0 Å². The molecule has 0 radical (unpaired) electrons. The van der Waals surface area contributed by atoms with Crippen LogP contribution in [0.2, 0.25) is 0 Å². The van der Waals surface area contributed by atoms with Crippen molar-refractivity contribution in [3.8, 4) is 0 Å². The maximum absolute atomic E-state index is 12.5. The smallest absolute Gasteiger partial charge is 0.253 e. The molecule has 1 saturated heterocycles. The first-order valence-corrected chi connectivity index (χ1v) is 7.63. The van der Waals surface area contributed by atoms with E-state index in [1.807, 2.05) is 37.1 Å². The number of carbonyl (C=O) groups excluding carboxylic acids is 1. The quantitative estimate of drug-likeness (QED) is 0.907. The third-order valence-corrected chi connectivity index (χ3v) is 4.71. The minimum absolute atomic E-state index is 0.127. The fourth-order valence-electron chi connectivity index (χ4n) is 2.54. The Morgan fingerprint density at radius 3 is 2.89 bits per heavy atom. The minimum atomic E-state index is 0.127. The van der Waals surface area contributed by atoms with E-state index in [1.165, 1.54) is 0 Å². The van der Waals surface area contributed by atoms with Crippen molar-refractivity contribution in [1.82, 2.24) is 10.2 Å². The molecule has 0 aliphatic carbocycles. The maximum atomic E-state index is 12.5. The van der Waals surface area contributed by atoms with Crippen LogP contribution in [0.4, 0.5) is 0 Å². The van der Waals surface area contributed by atoms with Crippen LogP contribution in [-0.4, -0.2) is 37.0 Å². The molecular weight excluding hydrogens is 304 g/mol. The van der Waals surface area contributed by atoms with Crippen molar-refractivity contribution in [3.63, 3.8) is 0 Å². The van der Waals surface area contributed by atoms with Crippen molar-refractivity contribution in [1.29, 1.82) is 0 Å². The number of halogens is 1. The van der Waals surface area contributed by atoms with Crippen LogP contribution < -0.4 is 5.32 Å². The second-order valence-electron chi connectivity index (χ2n) is 5.21. The molecule has 1 amide bonds. The summed E-state index contributed by atoms with van der Waals surface area (Å²) in [5.74, 6) is 0.127. The average molecular weight is 325 g/mol. The molecule has 0 spiro atoms. The SMILES string of the molecule is Cc1cc(C(=O)N(C)C2CCCNCC2)ccc1Br. The molecule has 1 unspecified atom stereocenters. The number of benzene rings is 1. The topological polar surface area (TPSA) is 32.3 Å². The van der Waals surface area contributed by atoms with Gasteiger partial charge in [0, 0.05) is 23.1 Å². The highest BCUT2D eigenvalue weighted by Gasteiger charge is 2.22. The summed E-state index contributed by atoms with van der Waals surface area (Å²) in [5, 5.41) is 3.38. The predicted molar refractivity (Wildman–Crippen MR) is 81.5 cm³/mol. The Bertz CT molecular complexity index is 453. The number of rotatable bonds is 2. The molecule has 1 heterocycles. The lowest BCUT2D eigenvalue weighted by Gasteiger charge is -2.27. The highest BCUT2D eigenvalue weighted by Crippen LogP contribution is 2.20. The molecule has 4 heteroatoms. The van der Waals surface area contributed by atoms with Crippen LogP contribution >= 0.6 is 15.9 Å². The molecular formula is C15H21BrN2O. The Hall–Kier alpha value is -0.870. The van der Waals surface area contributed by atoms with Crippen LogP contribution in [0.15, 0.2) is 22.7 Å². The van der Waals surface area contributed by atoms with Gasteiger partial charge in [-0.3, -0.25) is 4.79 Å². The molecule has 1 aromatic rings. The van der Waals surface area contributed by atoms with E-state index >= 15 is 0 Å². The van der Waals surface area contributed by atoms with E-state index in [1.54, 1.807) is 0 Å². The Morgan fingerprint density at radius 2 is 2.16 bits per heavy atom. The lowest BCUT2D eigenvalue weighted by molar-refractivity contribution is 0.0720. The van der Waals surface area contributed by atoms with Crippen LogP contribution in [-0.2, 0) is 0 Å². The van der Waals surface area contributed by atoms with E-state index < -0.39 is 0 Å². The van der Waals surface area contributed by atoms with Gasteiger partial charge in [-0.1, -0.05) is 15.9 Å². The fraction of sp³-hybridized carbons (Fsp3) is 0.533. The minimum Gasteiger partial charge on any atom is -0.339 e. The van der Waals surface area contributed by atoms with Crippen molar-refractivity contribution >= 4 is 21.8 Å². The zero-order chi connectivity index (χ0) is 13.8. The van der Waals surface area contributed by atoms with Crippen LogP contribution in [0.3, 0.4) is 0 Å². The molecule has 1 N–H and O–H groups in total. The van der Waals surface area contributed by atoms with E-state index in [0.29, 0.717) is 6.04 Å². The summed E-state index contributed by atoms with van der Waals surface area (Å²) < 4.78 is 1.05. The van der Waals surface area contributed by atoms with Crippen LogP contribution in [0.1, 0.15) is 35.2 Å². The second-order valence-corrected chi connectivity index (χ2v) is 6.07. The molecule has 0 saturated carbocycles. The number of nitrogens with one attached hydrogen (secondary N) is 1. The van der Waals surface area contributed by atoms with Crippen molar-refractivity contribution in [2.24, 2.45) is 0 Å². The molecule has 1 fully saturated rings. The van der Waals surface area contributed by atoms with Crippen molar-refractivity contribution in [2.75, 3.05) is 20.1 Å². The Labute approximate surface area is 123 Å². The third-order valence-electron chi connectivity index (χ3n) is 3.82. The molecule has 0 bridgehead atoms. The van der Waals surface area contributed by atoms with Gasteiger partial charge in [0.2, 0.25) is 0 Å². The summed E-state index contributed by atoms with van der Waals surface area (Å²) in [6.07, 6.45) is 3.27. The Balaban J connectivity index is 2.10. The van der Waals surface area contributed by atoms with Crippen molar-refractivity contribution in [2.45, 2.75) is 32.2 Å². The van der Waals surface area contributed by atoms with E-state index in [-0.39, 0.29) is 5.91 Å². The lowest BCUT2D eigenvalue weighted by Crippen LogP contribution is -2.37. The first-order chi connectivity index (χ1) is 9.09. The molecule has 2 rings (SSSR count).